The van der Waals surface area contributed by atoms with Crippen LogP contribution in [0.25, 0.3) is 0 Å². The van der Waals surface area contributed by atoms with Crippen LogP contribution in [0.1, 0.15) is 72.6 Å². The van der Waals surface area contributed by atoms with E-state index < -0.39 is 0 Å². The molecule has 0 saturated heterocycles. The molecule has 0 aromatic heterocycles. The quantitative estimate of drug-likeness (QED) is 0.721. The van der Waals surface area contributed by atoms with Crippen molar-refractivity contribution in [1.82, 2.24) is 10.2 Å². The molecule has 2 heteroatoms. The Morgan fingerprint density at radius 3 is 2.20 bits per heavy atom. The van der Waals surface area contributed by atoms with Crippen molar-refractivity contribution in [2.45, 2.75) is 84.7 Å². The molecule has 118 valence electrons. The Hall–Kier alpha value is -0.0800. The van der Waals surface area contributed by atoms with Crippen LogP contribution in [0.15, 0.2) is 0 Å². The standard InChI is InChI=1S/C18H36N2/c1-15(2)12-20(16(3)4)14-18(10-6-5-7-11-18)13-19-17-8-9-17/h15-17,19H,5-14H2,1-4H3. The Kier molecular flexibility index (Phi) is 5.92. The highest BCUT2D eigenvalue weighted by Gasteiger charge is 2.36. The molecule has 2 fully saturated rings. The minimum atomic E-state index is 0.556. The molecule has 0 heterocycles. The molecule has 0 bridgehead atoms. The van der Waals surface area contributed by atoms with Crippen molar-refractivity contribution in [3.63, 3.8) is 0 Å². The van der Waals surface area contributed by atoms with Crippen molar-refractivity contribution in [3.05, 3.63) is 0 Å². The molecule has 0 unspecified atom stereocenters. The van der Waals surface area contributed by atoms with Crippen LogP contribution in [-0.4, -0.2) is 36.6 Å². The summed E-state index contributed by atoms with van der Waals surface area (Å²) in [5.41, 5.74) is 0.556. The molecule has 2 saturated carbocycles. The largest absolute Gasteiger partial charge is 0.313 e. The molecular weight excluding hydrogens is 244 g/mol. The molecule has 0 amide bonds. The van der Waals surface area contributed by atoms with E-state index in [0.717, 1.165) is 12.0 Å². The lowest BCUT2D eigenvalue weighted by atomic mass is 9.73. The van der Waals surface area contributed by atoms with Gasteiger partial charge in [-0.15, -0.1) is 0 Å². The summed E-state index contributed by atoms with van der Waals surface area (Å²) in [6.07, 6.45) is 10.0. The van der Waals surface area contributed by atoms with E-state index in [1.807, 2.05) is 0 Å². The average molecular weight is 280 g/mol. The normalized spacial score (nSPS) is 22.9. The summed E-state index contributed by atoms with van der Waals surface area (Å²) in [6.45, 7) is 13.3. The zero-order valence-corrected chi connectivity index (χ0v) is 14.3. The van der Waals surface area contributed by atoms with Crippen LogP contribution in [0.2, 0.25) is 0 Å². The van der Waals surface area contributed by atoms with Crippen LogP contribution in [0.5, 0.6) is 0 Å². The third-order valence-electron chi connectivity index (χ3n) is 5.13. The topological polar surface area (TPSA) is 15.3 Å². The highest BCUT2D eigenvalue weighted by atomic mass is 15.2. The van der Waals surface area contributed by atoms with Gasteiger partial charge in [-0.3, -0.25) is 0 Å². The predicted molar refractivity (Wildman–Crippen MR) is 88.1 cm³/mol. The molecular formula is C18H36N2. The lowest BCUT2D eigenvalue weighted by Crippen LogP contribution is -2.48. The first kappa shape index (κ1) is 16.3. The number of nitrogens with zero attached hydrogens (tertiary/aromatic N) is 1. The maximum Gasteiger partial charge on any atom is 0.00684 e. The Morgan fingerprint density at radius 1 is 1.05 bits per heavy atom. The molecule has 0 radical (unpaired) electrons. The fourth-order valence-electron chi connectivity index (χ4n) is 3.70. The summed E-state index contributed by atoms with van der Waals surface area (Å²) in [4.78, 5) is 2.74. The van der Waals surface area contributed by atoms with Crippen molar-refractivity contribution in [3.8, 4) is 0 Å². The minimum absolute atomic E-state index is 0.556. The SMILES string of the molecule is CC(C)CN(CC1(CNC2CC2)CCCCC1)C(C)C. The van der Waals surface area contributed by atoms with E-state index in [1.165, 1.54) is 64.6 Å². The van der Waals surface area contributed by atoms with Gasteiger partial charge >= 0.3 is 0 Å². The highest BCUT2D eigenvalue weighted by molar-refractivity contribution is 4.92. The van der Waals surface area contributed by atoms with E-state index >= 15 is 0 Å². The van der Waals surface area contributed by atoms with Crippen molar-refractivity contribution < 1.29 is 0 Å². The minimum Gasteiger partial charge on any atom is -0.313 e. The first-order valence-electron chi connectivity index (χ1n) is 8.98. The summed E-state index contributed by atoms with van der Waals surface area (Å²) in [5.74, 6) is 0.773. The molecule has 1 N–H and O–H groups in total. The number of hydrogen-bond acceptors (Lipinski definition) is 2. The maximum absolute atomic E-state index is 3.84. The summed E-state index contributed by atoms with van der Waals surface area (Å²) in [6, 6.07) is 1.53. The van der Waals surface area contributed by atoms with Crippen LogP contribution in [0.4, 0.5) is 0 Å². The molecule has 2 nitrogen and oxygen atoms in total. The van der Waals surface area contributed by atoms with E-state index in [-0.39, 0.29) is 0 Å². The second-order valence-electron chi connectivity index (χ2n) is 8.13. The molecule has 0 spiro atoms. The van der Waals surface area contributed by atoms with Gasteiger partial charge in [0, 0.05) is 31.7 Å². The van der Waals surface area contributed by atoms with E-state index in [1.54, 1.807) is 0 Å². The van der Waals surface area contributed by atoms with Gasteiger partial charge in [-0.1, -0.05) is 33.1 Å². The van der Waals surface area contributed by atoms with E-state index in [9.17, 15) is 0 Å². The van der Waals surface area contributed by atoms with Gasteiger partial charge in [-0.2, -0.15) is 0 Å². The molecule has 2 aliphatic carbocycles. The summed E-state index contributed by atoms with van der Waals surface area (Å²) in [5, 5.41) is 3.84. The Labute approximate surface area is 126 Å². The maximum atomic E-state index is 3.84. The van der Waals surface area contributed by atoms with Gasteiger partial charge in [0.2, 0.25) is 0 Å². The van der Waals surface area contributed by atoms with Crippen molar-refractivity contribution in [2.75, 3.05) is 19.6 Å². The van der Waals surface area contributed by atoms with E-state index in [4.69, 9.17) is 0 Å². The van der Waals surface area contributed by atoms with Gasteiger partial charge in [0.15, 0.2) is 0 Å². The van der Waals surface area contributed by atoms with Crippen molar-refractivity contribution >= 4 is 0 Å². The number of hydrogen-bond donors (Lipinski definition) is 1. The zero-order valence-electron chi connectivity index (χ0n) is 14.3. The lowest BCUT2D eigenvalue weighted by molar-refractivity contribution is 0.0751. The second kappa shape index (κ2) is 7.26. The average Bonchev–Trinajstić information content (AvgIpc) is 3.20. The Balaban J connectivity index is 1.95. The van der Waals surface area contributed by atoms with E-state index in [0.29, 0.717) is 11.5 Å². The lowest BCUT2D eigenvalue weighted by Gasteiger charge is -2.43. The molecule has 0 aromatic carbocycles. The number of nitrogens with one attached hydrogen (secondary N) is 1. The zero-order chi connectivity index (χ0) is 14.6. The number of rotatable bonds is 8. The van der Waals surface area contributed by atoms with Crippen LogP contribution in [0, 0.1) is 11.3 Å². The van der Waals surface area contributed by atoms with Gasteiger partial charge in [-0.05, 0) is 50.9 Å². The van der Waals surface area contributed by atoms with Crippen LogP contribution < -0.4 is 5.32 Å². The van der Waals surface area contributed by atoms with Crippen LogP contribution in [0.3, 0.4) is 0 Å². The fraction of sp³-hybridized carbons (Fsp3) is 1.00. The van der Waals surface area contributed by atoms with Crippen molar-refractivity contribution in [2.24, 2.45) is 11.3 Å². The van der Waals surface area contributed by atoms with Gasteiger partial charge in [0.05, 0.1) is 0 Å². The third-order valence-corrected chi connectivity index (χ3v) is 5.13. The molecule has 0 atom stereocenters. The summed E-state index contributed by atoms with van der Waals surface area (Å²) in [7, 11) is 0. The smallest absolute Gasteiger partial charge is 0.00684 e. The fourth-order valence-corrected chi connectivity index (χ4v) is 3.70. The van der Waals surface area contributed by atoms with Crippen LogP contribution in [-0.2, 0) is 0 Å². The van der Waals surface area contributed by atoms with Gasteiger partial charge in [0.25, 0.3) is 0 Å². The predicted octanol–water partition coefficient (Wildman–Crippen LogP) is 4.06. The molecule has 2 rings (SSSR count). The van der Waals surface area contributed by atoms with Gasteiger partial charge in [-0.25, -0.2) is 0 Å². The summed E-state index contributed by atoms with van der Waals surface area (Å²) < 4.78 is 0. The first-order valence-corrected chi connectivity index (χ1v) is 8.98. The van der Waals surface area contributed by atoms with Crippen molar-refractivity contribution in [1.29, 1.82) is 0 Å². The van der Waals surface area contributed by atoms with Gasteiger partial charge < -0.3 is 10.2 Å². The monoisotopic (exact) mass is 280 g/mol. The molecule has 20 heavy (non-hydrogen) atoms. The highest BCUT2D eigenvalue weighted by Crippen LogP contribution is 2.38. The first-order chi connectivity index (χ1) is 9.51. The molecule has 0 aromatic rings. The molecule has 0 aliphatic heterocycles. The molecule has 2 aliphatic rings. The third kappa shape index (κ3) is 5.04. The second-order valence-corrected chi connectivity index (χ2v) is 8.13. The van der Waals surface area contributed by atoms with Crippen LogP contribution >= 0.6 is 0 Å². The Bertz CT molecular complexity index is 275. The summed E-state index contributed by atoms with van der Waals surface area (Å²) >= 11 is 0. The Morgan fingerprint density at radius 2 is 1.70 bits per heavy atom. The van der Waals surface area contributed by atoms with E-state index in [2.05, 4.69) is 37.9 Å². The van der Waals surface area contributed by atoms with Gasteiger partial charge in [0.1, 0.15) is 0 Å².